The molecule has 0 aromatic carbocycles. The van der Waals surface area contributed by atoms with Crippen molar-refractivity contribution >= 4 is 6.09 Å². The Balaban J connectivity index is 4.11. The maximum Gasteiger partial charge on any atom is 0.407 e. The second kappa shape index (κ2) is 8.41. The van der Waals surface area contributed by atoms with Crippen LogP contribution in [0.15, 0.2) is 0 Å². The van der Waals surface area contributed by atoms with Crippen LogP contribution in [0.5, 0.6) is 0 Å². The molecule has 0 saturated heterocycles. The van der Waals surface area contributed by atoms with Crippen LogP contribution in [0.1, 0.15) is 54.9 Å². The van der Waals surface area contributed by atoms with Crippen LogP contribution in [0.2, 0.25) is 0 Å². The molecular formula is C15H32N2O2. The van der Waals surface area contributed by atoms with Gasteiger partial charge in [0, 0.05) is 12.6 Å². The predicted molar refractivity (Wildman–Crippen MR) is 80.3 cm³/mol. The van der Waals surface area contributed by atoms with Crippen molar-refractivity contribution in [1.29, 1.82) is 0 Å². The molecule has 2 unspecified atom stereocenters. The van der Waals surface area contributed by atoms with Crippen LogP contribution in [-0.4, -0.2) is 30.8 Å². The van der Waals surface area contributed by atoms with Gasteiger partial charge in [-0.05, 0) is 39.2 Å². The van der Waals surface area contributed by atoms with Gasteiger partial charge in [0.2, 0.25) is 0 Å². The van der Waals surface area contributed by atoms with Crippen LogP contribution in [0.3, 0.4) is 0 Å². The van der Waals surface area contributed by atoms with E-state index in [9.17, 15) is 4.79 Å². The van der Waals surface area contributed by atoms with E-state index in [2.05, 4.69) is 38.3 Å². The third-order valence-electron chi connectivity index (χ3n) is 3.10. The number of hydrogen-bond donors (Lipinski definition) is 2. The molecule has 2 N–H and O–H groups in total. The van der Waals surface area contributed by atoms with Gasteiger partial charge in [-0.2, -0.15) is 0 Å². The number of alkyl carbamates (subject to hydrolysis) is 1. The first-order valence-electron chi connectivity index (χ1n) is 7.36. The van der Waals surface area contributed by atoms with E-state index in [-0.39, 0.29) is 12.1 Å². The number of hydrogen-bond acceptors (Lipinski definition) is 3. The lowest BCUT2D eigenvalue weighted by atomic mass is 10.0. The molecule has 0 radical (unpaired) electrons. The van der Waals surface area contributed by atoms with Gasteiger partial charge in [0.25, 0.3) is 0 Å². The molecule has 19 heavy (non-hydrogen) atoms. The summed E-state index contributed by atoms with van der Waals surface area (Å²) in [5, 5.41) is 6.36. The normalized spacial score (nSPS) is 15.2. The van der Waals surface area contributed by atoms with Gasteiger partial charge in [-0.3, -0.25) is 0 Å². The van der Waals surface area contributed by atoms with Gasteiger partial charge < -0.3 is 15.4 Å². The lowest BCUT2D eigenvalue weighted by molar-refractivity contribution is 0.0519. The van der Waals surface area contributed by atoms with E-state index in [0.29, 0.717) is 18.4 Å². The van der Waals surface area contributed by atoms with Gasteiger partial charge in [0.05, 0.1) is 0 Å². The molecule has 4 heteroatoms. The SMILES string of the molecule is CCC(C)CNC(CNC(=O)OC(C)(C)C)C(C)C. The van der Waals surface area contributed by atoms with Crippen molar-refractivity contribution in [2.45, 2.75) is 66.5 Å². The van der Waals surface area contributed by atoms with Gasteiger partial charge in [-0.15, -0.1) is 0 Å². The summed E-state index contributed by atoms with van der Waals surface area (Å²) in [5.41, 5.74) is -0.443. The number of rotatable bonds is 7. The maximum atomic E-state index is 11.6. The first kappa shape index (κ1) is 18.2. The highest BCUT2D eigenvalue weighted by Gasteiger charge is 2.19. The molecule has 0 heterocycles. The second-order valence-corrected chi connectivity index (χ2v) is 6.65. The van der Waals surface area contributed by atoms with Gasteiger partial charge in [0.1, 0.15) is 5.60 Å². The lowest BCUT2D eigenvalue weighted by Crippen LogP contribution is -2.46. The Hall–Kier alpha value is -0.770. The van der Waals surface area contributed by atoms with Gasteiger partial charge in [-0.1, -0.05) is 34.1 Å². The van der Waals surface area contributed by atoms with Crippen molar-refractivity contribution in [3.8, 4) is 0 Å². The Kier molecular flexibility index (Phi) is 8.07. The lowest BCUT2D eigenvalue weighted by Gasteiger charge is -2.26. The van der Waals surface area contributed by atoms with Crippen LogP contribution in [0.4, 0.5) is 4.79 Å². The molecule has 1 amide bonds. The van der Waals surface area contributed by atoms with Crippen LogP contribution < -0.4 is 10.6 Å². The summed E-state index contributed by atoms with van der Waals surface area (Å²) >= 11 is 0. The molecule has 0 fully saturated rings. The quantitative estimate of drug-likeness (QED) is 0.748. The van der Waals surface area contributed by atoms with Gasteiger partial charge in [-0.25, -0.2) is 4.79 Å². The van der Waals surface area contributed by atoms with E-state index in [4.69, 9.17) is 4.74 Å². The Morgan fingerprint density at radius 3 is 2.16 bits per heavy atom. The summed E-state index contributed by atoms with van der Waals surface area (Å²) in [6.07, 6.45) is 0.820. The number of amides is 1. The zero-order valence-electron chi connectivity index (χ0n) is 13.7. The highest BCUT2D eigenvalue weighted by atomic mass is 16.6. The van der Waals surface area contributed by atoms with Crippen LogP contribution >= 0.6 is 0 Å². The third kappa shape index (κ3) is 9.77. The Labute approximate surface area is 118 Å². The maximum absolute atomic E-state index is 11.6. The number of carbonyl (C=O) groups excluding carboxylic acids is 1. The van der Waals surface area contributed by atoms with E-state index in [1.54, 1.807) is 0 Å². The highest BCUT2D eigenvalue weighted by Crippen LogP contribution is 2.07. The summed E-state index contributed by atoms with van der Waals surface area (Å²) in [4.78, 5) is 11.6. The molecule has 4 nitrogen and oxygen atoms in total. The van der Waals surface area contributed by atoms with Crippen molar-refractivity contribution in [2.75, 3.05) is 13.1 Å². The molecule has 0 aliphatic heterocycles. The zero-order chi connectivity index (χ0) is 15.1. The van der Waals surface area contributed by atoms with Crippen molar-refractivity contribution in [3.63, 3.8) is 0 Å². The molecular weight excluding hydrogens is 240 g/mol. The molecule has 0 rings (SSSR count). The van der Waals surface area contributed by atoms with Crippen molar-refractivity contribution < 1.29 is 9.53 Å². The van der Waals surface area contributed by atoms with Gasteiger partial charge >= 0.3 is 6.09 Å². The van der Waals surface area contributed by atoms with Crippen molar-refractivity contribution in [1.82, 2.24) is 10.6 Å². The minimum Gasteiger partial charge on any atom is -0.444 e. The van der Waals surface area contributed by atoms with Crippen LogP contribution in [-0.2, 0) is 4.74 Å². The van der Waals surface area contributed by atoms with E-state index >= 15 is 0 Å². The molecule has 2 atom stereocenters. The molecule has 0 aliphatic rings. The Morgan fingerprint density at radius 2 is 1.74 bits per heavy atom. The van der Waals surface area contributed by atoms with E-state index in [0.717, 1.165) is 13.0 Å². The molecule has 0 aromatic heterocycles. The first-order chi connectivity index (χ1) is 8.65. The van der Waals surface area contributed by atoms with Crippen LogP contribution in [0.25, 0.3) is 0 Å². The fourth-order valence-corrected chi connectivity index (χ4v) is 1.55. The minimum atomic E-state index is -0.443. The molecule has 0 aromatic rings. The molecule has 0 bridgehead atoms. The predicted octanol–water partition coefficient (Wildman–Crippen LogP) is 3.17. The van der Waals surface area contributed by atoms with Crippen LogP contribution in [0, 0.1) is 11.8 Å². The standard InChI is InChI=1S/C15H32N2O2/c1-8-12(4)9-16-13(11(2)3)10-17-14(18)19-15(5,6)7/h11-13,16H,8-10H2,1-7H3,(H,17,18). The summed E-state index contributed by atoms with van der Waals surface area (Å²) in [6, 6.07) is 0.279. The minimum absolute atomic E-state index is 0.279. The number of ether oxygens (including phenoxy) is 1. The van der Waals surface area contributed by atoms with Gasteiger partial charge in [0.15, 0.2) is 0 Å². The van der Waals surface area contributed by atoms with E-state index < -0.39 is 5.60 Å². The van der Waals surface area contributed by atoms with E-state index in [1.807, 2.05) is 20.8 Å². The van der Waals surface area contributed by atoms with Crippen molar-refractivity contribution in [3.05, 3.63) is 0 Å². The Morgan fingerprint density at radius 1 is 1.16 bits per heavy atom. The average Bonchev–Trinajstić information content (AvgIpc) is 2.25. The molecule has 0 spiro atoms. The second-order valence-electron chi connectivity index (χ2n) is 6.65. The largest absolute Gasteiger partial charge is 0.444 e. The fraction of sp³-hybridized carbons (Fsp3) is 0.933. The molecule has 114 valence electrons. The molecule has 0 aliphatic carbocycles. The number of carbonyl (C=O) groups is 1. The van der Waals surface area contributed by atoms with E-state index in [1.165, 1.54) is 0 Å². The monoisotopic (exact) mass is 272 g/mol. The molecule has 0 saturated carbocycles. The summed E-state index contributed by atoms with van der Waals surface area (Å²) in [6.45, 7) is 15.9. The first-order valence-corrected chi connectivity index (χ1v) is 7.36. The Bertz CT molecular complexity index is 259. The summed E-state index contributed by atoms with van der Waals surface area (Å²) < 4.78 is 5.24. The smallest absolute Gasteiger partial charge is 0.407 e. The van der Waals surface area contributed by atoms with Crippen molar-refractivity contribution in [2.24, 2.45) is 11.8 Å². The number of nitrogens with one attached hydrogen (secondary N) is 2. The highest BCUT2D eigenvalue weighted by molar-refractivity contribution is 5.67. The summed E-state index contributed by atoms with van der Waals surface area (Å²) in [7, 11) is 0. The topological polar surface area (TPSA) is 50.4 Å². The average molecular weight is 272 g/mol. The summed E-state index contributed by atoms with van der Waals surface area (Å²) in [5.74, 6) is 1.13. The third-order valence-corrected chi connectivity index (χ3v) is 3.10. The fourth-order valence-electron chi connectivity index (χ4n) is 1.55. The zero-order valence-corrected chi connectivity index (χ0v) is 13.7.